The first-order valence-corrected chi connectivity index (χ1v) is 4.16. The molecular formula is C10H9Cl+2. The van der Waals surface area contributed by atoms with Crippen LogP contribution >= 0.6 is 11.6 Å². The third-order valence-electron chi connectivity index (χ3n) is 2.03. The number of halogens is 1. The van der Waals surface area contributed by atoms with Crippen LogP contribution in [0.4, 0.5) is 0 Å². The zero-order valence-corrected chi connectivity index (χ0v) is 6.93. The average molecular weight is 165 g/mol. The molecule has 0 aromatic heterocycles. The first-order valence-electron chi connectivity index (χ1n) is 3.78. The van der Waals surface area contributed by atoms with Gasteiger partial charge in [-0.05, 0) is 11.6 Å². The fourth-order valence-corrected chi connectivity index (χ4v) is 1.34. The molecule has 0 spiro atoms. The lowest BCUT2D eigenvalue weighted by molar-refractivity contribution is 0.837. The van der Waals surface area contributed by atoms with Crippen LogP contribution < -0.4 is 0 Å². The van der Waals surface area contributed by atoms with Gasteiger partial charge in [-0.25, -0.2) is 0 Å². The molecule has 2 aliphatic carbocycles. The Labute approximate surface area is 72.2 Å². The zero-order valence-electron chi connectivity index (χ0n) is 6.18. The minimum Gasteiger partial charge on any atom is -0.0207 e. The van der Waals surface area contributed by atoms with E-state index >= 15 is 0 Å². The first kappa shape index (κ1) is 6.93. The molecule has 0 radical (unpaired) electrons. The van der Waals surface area contributed by atoms with E-state index < -0.39 is 0 Å². The smallest absolute Gasteiger partial charge is 0.0207 e. The van der Waals surface area contributed by atoms with Crippen molar-refractivity contribution in [1.29, 1.82) is 0 Å². The van der Waals surface area contributed by atoms with Gasteiger partial charge < -0.3 is 0 Å². The van der Waals surface area contributed by atoms with Crippen molar-refractivity contribution in [2.45, 2.75) is 12.8 Å². The second-order valence-corrected chi connectivity index (χ2v) is 3.24. The third-order valence-corrected chi connectivity index (χ3v) is 2.29. The fourth-order valence-electron chi connectivity index (χ4n) is 1.21. The summed E-state index contributed by atoms with van der Waals surface area (Å²) in [6, 6.07) is 0. The van der Waals surface area contributed by atoms with Crippen LogP contribution in [0.25, 0.3) is 0 Å². The highest BCUT2D eigenvalue weighted by Gasteiger charge is 2.28. The summed E-state index contributed by atoms with van der Waals surface area (Å²) in [7, 11) is 0. The molecule has 0 amide bonds. The van der Waals surface area contributed by atoms with Gasteiger partial charge in [0.05, 0.1) is 0 Å². The van der Waals surface area contributed by atoms with Gasteiger partial charge in [0.2, 0.25) is 0 Å². The highest BCUT2D eigenvalue weighted by atomic mass is 35.5. The van der Waals surface area contributed by atoms with Crippen molar-refractivity contribution in [2.24, 2.45) is 0 Å². The lowest BCUT2D eigenvalue weighted by Crippen LogP contribution is -2.02. The monoisotopic (exact) mass is 164 g/mol. The SMILES string of the molecule is ClC1=C[CH+]C(=C2C[CH+]C2)C=C1. The molecular weight excluding hydrogens is 156 g/mol. The maximum Gasteiger partial charge on any atom is 0.147 e. The van der Waals surface area contributed by atoms with E-state index in [-0.39, 0.29) is 0 Å². The Morgan fingerprint density at radius 2 is 2.09 bits per heavy atom. The van der Waals surface area contributed by atoms with Crippen LogP contribution in [-0.4, -0.2) is 0 Å². The predicted octanol–water partition coefficient (Wildman–Crippen LogP) is 3.18. The molecule has 0 unspecified atom stereocenters. The van der Waals surface area contributed by atoms with E-state index in [0.717, 1.165) is 17.9 Å². The van der Waals surface area contributed by atoms with Gasteiger partial charge in [-0.15, -0.1) is 0 Å². The highest BCUT2D eigenvalue weighted by Crippen LogP contribution is 2.31. The summed E-state index contributed by atoms with van der Waals surface area (Å²) in [6.45, 7) is 0. The molecule has 2 aliphatic rings. The van der Waals surface area contributed by atoms with Crippen LogP contribution in [0.15, 0.2) is 34.4 Å². The Morgan fingerprint density at radius 1 is 1.27 bits per heavy atom. The van der Waals surface area contributed by atoms with Crippen molar-refractivity contribution >= 4 is 11.6 Å². The Hall–Kier alpha value is -0.750. The number of hydrogen-bond acceptors (Lipinski definition) is 0. The van der Waals surface area contributed by atoms with Crippen LogP contribution in [-0.2, 0) is 0 Å². The van der Waals surface area contributed by atoms with Gasteiger partial charge in [-0.1, -0.05) is 0 Å². The van der Waals surface area contributed by atoms with Crippen molar-refractivity contribution in [1.82, 2.24) is 0 Å². The van der Waals surface area contributed by atoms with Crippen LogP contribution in [0, 0.1) is 12.8 Å². The first-order chi connectivity index (χ1) is 5.36. The molecule has 1 heteroatoms. The van der Waals surface area contributed by atoms with E-state index in [1.54, 1.807) is 0 Å². The summed E-state index contributed by atoms with van der Waals surface area (Å²) < 4.78 is 0. The van der Waals surface area contributed by atoms with E-state index in [4.69, 9.17) is 11.6 Å². The lowest BCUT2D eigenvalue weighted by atomic mass is 9.86. The number of allylic oxidation sites excluding steroid dienone is 6. The van der Waals surface area contributed by atoms with Crippen LogP contribution in [0.3, 0.4) is 0 Å². The van der Waals surface area contributed by atoms with Gasteiger partial charge in [0.25, 0.3) is 0 Å². The van der Waals surface area contributed by atoms with Crippen molar-refractivity contribution in [3.05, 3.63) is 47.2 Å². The van der Waals surface area contributed by atoms with Crippen LogP contribution in [0.2, 0.25) is 0 Å². The summed E-state index contributed by atoms with van der Waals surface area (Å²) in [4.78, 5) is 0. The molecule has 0 aromatic carbocycles. The van der Waals surface area contributed by atoms with Crippen LogP contribution in [0.5, 0.6) is 0 Å². The van der Waals surface area contributed by atoms with E-state index in [9.17, 15) is 0 Å². The van der Waals surface area contributed by atoms with Gasteiger partial charge in [-0.2, -0.15) is 0 Å². The molecule has 0 aliphatic heterocycles. The normalized spacial score (nSPS) is 21.7. The lowest BCUT2D eigenvalue weighted by Gasteiger charge is -2.06. The second-order valence-electron chi connectivity index (χ2n) is 2.81. The van der Waals surface area contributed by atoms with Gasteiger partial charge >= 0.3 is 0 Å². The molecule has 11 heavy (non-hydrogen) atoms. The topological polar surface area (TPSA) is 0 Å². The minimum atomic E-state index is 0.817. The molecule has 0 heterocycles. The van der Waals surface area contributed by atoms with E-state index in [1.807, 2.05) is 12.2 Å². The Bertz CT molecular complexity index is 250. The van der Waals surface area contributed by atoms with Gasteiger partial charge in [0.1, 0.15) is 35.4 Å². The van der Waals surface area contributed by atoms with Gasteiger partial charge in [0, 0.05) is 24.6 Å². The van der Waals surface area contributed by atoms with Crippen molar-refractivity contribution < 1.29 is 0 Å². The molecule has 0 nitrogen and oxygen atoms in total. The molecule has 0 aromatic rings. The minimum absolute atomic E-state index is 0.817. The molecule has 1 saturated carbocycles. The summed E-state index contributed by atoms with van der Waals surface area (Å²) in [5, 5.41) is 0.817. The third kappa shape index (κ3) is 1.31. The summed E-state index contributed by atoms with van der Waals surface area (Å²) >= 11 is 5.76. The number of rotatable bonds is 0. The maximum atomic E-state index is 5.76. The molecule has 0 saturated heterocycles. The highest BCUT2D eigenvalue weighted by molar-refractivity contribution is 6.31. The van der Waals surface area contributed by atoms with Crippen molar-refractivity contribution in [2.75, 3.05) is 0 Å². The van der Waals surface area contributed by atoms with Gasteiger partial charge in [-0.3, -0.25) is 0 Å². The molecule has 0 bridgehead atoms. The second kappa shape index (κ2) is 2.71. The Kier molecular flexibility index (Phi) is 1.71. The largest absolute Gasteiger partial charge is 0.147 e. The van der Waals surface area contributed by atoms with Gasteiger partial charge in [0.15, 0.2) is 0 Å². The number of hydrogen-bond donors (Lipinski definition) is 0. The average Bonchev–Trinajstić information content (AvgIpc) is 1.90. The standard InChI is InChI=1S/C10H9Cl/c11-10-6-4-9(5-7-10)8-2-1-3-8/h1,4-7H,2-3H2/q+2. The van der Waals surface area contributed by atoms with Crippen molar-refractivity contribution in [3.63, 3.8) is 0 Å². The zero-order chi connectivity index (χ0) is 7.68. The Morgan fingerprint density at radius 3 is 2.55 bits per heavy atom. The maximum absolute atomic E-state index is 5.76. The summed E-state index contributed by atoms with van der Waals surface area (Å²) in [5.74, 6) is 0. The van der Waals surface area contributed by atoms with E-state index in [0.29, 0.717) is 0 Å². The molecule has 54 valence electrons. The molecule has 0 N–H and O–H groups in total. The molecule has 0 atom stereocenters. The summed E-state index contributed by atoms with van der Waals surface area (Å²) in [5.41, 5.74) is 2.87. The van der Waals surface area contributed by atoms with E-state index in [1.165, 1.54) is 11.1 Å². The van der Waals surface area contributed by atoms with Crippen molar-refractivity contribution in [3.8, 4) is 0 Å². The predicted molar refractivity (Wildman–Crippen MR) is 47.9 cm³/mol. The quantitative estimate of drug-likeness (QED) is 0.483. The fraction of sp³-hybridized carbons (Fsp3) is 0.200. The molecule has 1 fully saturated rings. The summed E-state index contributed by atoms with van der Waals surface area (Å²) in [6.07, 6.45) is 12.7. The molecule has 2 rings (SSSR count). The van der Waals surface area contributed by atoms with E-state index in [2.05, 4.69) is 18.9 Å². The van der Waals surface area contributed by atoms with Crippen LogP contribution in [0.1, 0.15) is 12.8 Å². The Balaban J connectivity index is 2.16.